The van der Waals surface area contributed by atoms with E-state index < -0.39 is 0 Å². The van der Waals surface area contributed by atoms with Gasteiger partial charge in [0.15, 0.2) is 0 Å². The Hall–Kier alpha value is -1.31. The summed E-state index contributed by atoms with van der Waals surface area (Å²) < 4.78 is 5.02. The molecule has 1 atom stereocenters. The number of carbonyl (C=O) groups excluding carboxylic acids is 1. The number of ether oxygens (including phenoxy) is 1. The van der Waals surface area contributed by atoms with Crippen LogP contribution in [0.1, 0.15) is 46.6 Å². The van der Waals surface area contributed by atoms with Crippen LogP contribution in [0.5, 0.6) is 0 Å². The van der Waals surface area contributed by atoms with Gasteiger partial charge < -0.3 is 4.74 Å². The molecule has 1 saturated carbocycles. The second-order valence-electron chi connectivity index (χ2n) is 5.51. The maximum atomic E-state index is 12.1. The third-order valence-corrected chi connectivity index (χ3v) is 4.28. The highest BCUT2D eigenvalue weighted by molar-refractivity contribution is 5.80. The molecule has 1 fully saturated rings. The summed E-state index contributed by atoms with van der Waals surface area (Å²) in [7, 11) is 1.49. The van der Waals surface area contributed by atoms with E-state index in [9.17, 15) is 4.79 Å². The number of hydrogen-bond donors (Lipinski definition) is 0. The van der Waals surface area contributed by atoms with Gasteiger partial charge in [0.05, 0.1) is 13.0 Å². The van der Waals surface area contributed by atoms with Gasteiger partial charge in [-0.1, -0.05) is 6.07 Å². The fourth-order valence-corrected chi connectivity index (χ4v) is 2.82. The van der Waals surface area contributed by atoms with Crippen molar-refractivity contribution in [1.29, 1.82) is 0 Å². The minimum absolute atomic E-state index is 0.0615. The SMILES string of the molecule is COC(=O)C(c1c(C)c(C)cc(C)c1C)C1CC1. The van der Waals surface area contributed by atoms with E-state index in [4.69, 9.17) is 4.74 Å². The normalized spacial score (nSPS) is 16.5. The lowest BCUT2D eigenvalue weighted by Crippen LogP contribution is -2.19. The van der Waals surface area contributed by atoms with Crippen LogP contribution in [-0.4, -0.2) is 13.1 Å². The van der Waals surface area contributed by atoms with Crippen molar-refractivity contribution in [2.45, 2.75) is 46.5 Å². The van der Waals surface area contributed by atoms with Crippen molar-refractivity contribution >= 4 is 5.97 Å². The standard InChI is InChI=1S/C16H22O2/c1-9-8-10(2)12(4)14(11(9)3)15(13-6-7-13)16(17)18-5/h8,13,15H,6-7H2,1-5H3. The van der Waals surface area contributed by atoms with Crippen LogP contribution >= 0.6 is 0 Å². The van der Waals surface area contributed by atoms with Crippen molar-refractivity contribution in [3.63, 3.8) is 0 Å². The van der Waals surface area contributed by atoms with Gasteiger partial charge in [0.2, 0.25) is 0 Å². The van der Waals surface area contributed by atoms with Crippen LogP contribution in [0.4, 0.5) is 0 Å². The van der Waals surface area contributed by atoms with Crippen LogP contribution in [0.2, 0.25) is 0 Å². The second kappa shape index (κ2) is 4.75. The summed E-state index contributed by atoms with van der Waals surface area (Å²) in [6.07, 6.45) is 2.29. The first-order valence-electron chi connectivity index (χ1n) is 6.62. The monoisotopic (exact) mass is 246 g/mol. The highest BCUT2D eigenvalue weighted by atomic mass is 16.5. The van der Waals surface area contributed by atoms with Gasteiger partial charge in [-0.2, -0.15) is 0 Å². The Bertz CT molecular complexity index is 458. The molecular formula is C16H22O2. The Morgan fingerprint density at radius 2 is 1.67 bits per heavy atom. The first-order valence-corrected chi connectivity index (χ1v) is 6.62. The fourth-order valence-electron chi connectivity index (χ4n) is 2.82. The molecule has 0 spiro atoms. The molecule has 0 aliphatic heterocycles. The largest absolute Gasteiger partial charge is 0.469 e. The summed E-state index contributed by atoms with van der Waals surface area (Å²) in [5.41, 5.74) is 6.24. The number of methoxy groups -OCH3 is 1. The van der Waals surface area contributed by atoms with Gasteiger partial charge >= 0.3 is 5.97 Å². The highest BCUT2D eigenvalue weighted by Crippen LogP contribution is 2.45. The Balaban J connectivity index is 2.56. The van der Waals surface area contributed by atoms with Gasteiger partial charge in [0.1, 0.15) is 0 Å². The zero-order valence-electron chi connectivity index (χ0n) is 12.0. The number of benzene rings is 1. The van der Waals surface area contributed by atoms with Crippen LogP contribution in [0.3, 0.4) is 0 Å². The topological polar surface area (TPSA) is 26.3 Å². The maximum absolute atomic E-state index is 12.1. The quantitative estimate of drug-likeness (QED) is 0.762. The molecule has 0 N–H and O–H groups in total. The fraction of sp³-hybridized carbons (Fsp3) is 0.562. The molecule has 18 heavy (non-hydrogen) atoms. The summed E-state index contributed by atoms with van der Waals surface area (Å²) in [6.45, 7) is 8.48. The van der Waals surface area contributed by atoms with E-state index in [-0.39, 0.29) is 11.9 Å². The first-order chi connectivity index (χ1) is 8.47. The number of carbonyl (C=O) groups is 1. The van der Waals surface area contributed by atoms with Gasteiger partial charge in [-0.15, -0.1) is 0 Å². The number of aryl methyl sites for hydroxylation is 2. The van der Waals surface area contributed by atoms with Crippen LogP contribution in [0, 0.1) is 33.6 Å². The molecule has 1 aliphatic carbocycles. The average molecular weight is 246 g/mol. The maximum Gasteiger partial charge on any atom is 0.313 e. The minimum Gasteiger partial charge on any atom is -0.469 e. The van der Waals surface area contributed by atoms with Crippen molar-refractivity contribution in [3.8, 4) is 0 Å². The molecular weight excluding hydrogens is 224 g/mol. The lowest BCUT2D eigenvalue weighted by Gasteiger charge is -2.22. The lowest BCUT2D eigenvalue weighted by atomic mass is 9.83. The Morgan fingerprint density at radius 1 is 1.17 bits per heavy atom. The second-order valence-corrected chi connectivity index (χ2v) is 5.51. The lowest BCUT2D eigenvalue weighted by molar-refractivity contribution is -0.143. The van der Waals surface area contributed by atoms with E-state index in [2.05, 4.69) is 33.8 Å². The molecule has 0 saturated heterocycles. The van der Waals surface area contributed by atoms with Crippen molar-refractivity contribution in [2.75, 3.05) is 7.11 Å². The molecule has 1 aliphatic rings. The van der Waals surface area contributed by atoms with Crippen LogP contribution in [-0.2, 0) is 9.53 Å². The van der Waals surface area contributed by atoms with Crippen LogP contribution in [0.25, 0.3) is 0 Å². The summed E-state index contributed by atoms with van der Waals surface area (Å²) in [6, 6.07) is 2.20. The zero-order chi connectivity index (χ0) is 13.4. The molecule has 1 aromatic carbocycles. The molecule has 0 radical (unpaired) electrons. The Morgan fingerprint density at radius 3 is 2.06 bits per heavy atom. The van der Waals surface area contributed by atoms with Crippen molar-refractivity contribution in [1.82, 2.24) is 0 Å². The molecule has 2 rings (SSSR count). The molecule has 2 heteroatoms. The van der Waals surface area contributed by atoms with Gasteiger partial charge in [-0.25, -0.2) is 0 Å². The van der Waals surface area contributed by atoms with Crippen LogP contribution in [0.15, 0.2) is 6.07 Å². The van der Waals surface area contributed by atoms with Crippen molar-refractivity contribution in [3.05, 3.63) is 33.9 Å². The number of esters is 1. The summed E-state index contributed by atoms with van der Waals surface area (Å²) in [5.74, 6) is 0.346. The predicted octanol–water partition coefficient (Wildman–Crippen LogP) is 3.59. The highest BCUT2D eigenvalue weighted by Gasteiger charge is 2.39. The summed E-state index contributed by atoms with van der Waals surface area (Å²) >= 11 is 0. The third kappa shape index (κ3) is 2.16. The predicted molar refractivity (Wildman–Crippen MR) is 72.9 cm³/mol. The third-order valence-electron chi connectivity index (χ3n) is 4.28. The van der Waals surface area contributed by atoms with Gasteiger partial charge in [-0.05, 0) is 74.3 Å². The van der Waals surface area contributed by atoms with E-state index in [0.29, 0.717) is 5.92 Å². The van der Waals surface area contributed by atoms with Gasteiger partial charge in [0.25, 0.3) is 0 Å². The molecule has 2 nitrogen and oxygen atoms in total. The molecule has 1 aromatic rings. The van der Waals surface area contributed by atoms with Gasteiger partial charge in [-0.3, -0.25) is 4.79 Å². The average Bonchev–Trinajstić information content (AvgIpc) is 3.15. The molecule has 0 amide bonds. The molecule has 1 unspecified atom stereocenters. The molecule has 0 aromatic heterocycles. The number of hydrogen-bond acceptors (Lipinski definition) is 2. The van der Waals surface area contributed by atoms with E-state index in [0.717, 1.165) is 12.8 Å². The smallest absolute Gasteiger partial charge is 0.313 e. The molecule has 0 bridgehead atoms. The first kappa shape index (κ1) is 13.1. The summed E-state index contributed by atoms with van der Waals surface area (Å²) in [4.78, 5) is 12.1. The van der Waals surface area contributed by atoms with Crippen molar-refractivity contribution in [2.24, 2.45) is 5.92 Å². The number of rotatable bonds is 3. The molecule has 98 valence electrons. The zero-order valence-corrected chi connectivity index (χ0v) is 12.0. The minimum atomic E-state index is -0.0753. The van der Waals surface area contributed by atoms with Gasteiger partial charge in [0, 0.05) is 0 Å². The van der Waals surface area contributed by atoms with E-state index >= 15 is 0 Å². The van der Waals surface area contributed by atoms with Crippen molar-refractivity contribution < 1.29 is 9.53 Å². The Labute approximate surface area is 109 Å². The van der Waals surface area contributed by atoms with Crippen LogP contribution < -0.4 is 0 Å². The Kier molecular flexibility index (Phi) is 3.47. The van der Waals surface area contributed by atoms with E-state index in [1.807, 2.05) is 0 Å². The summed E-state index contributed by atoms with van der Waals surface area (Å²) in [5, 5.41) is 0. The molecule has 0 heterocycles. The van der Waals surface area contributed by atoms with E-state index in [1.54, 1.807) is 0 Å². The van der Waals surface area contributed by atoms with E-state index in [1.165, 1.54) is 34.9 Å².